The topological polar surface area (TPSA) is 47.4 Å². The Labute approximate surface area is 138 Å². The SMILES string of the molecule is CN(C(=O)On1ccc(Sc2ccccc2)n1)c1ccccc1. The Morgan fingerprint density at radius 3 is 2.39 bits per heavy atom. The van der Waals surface area contributed by atoms with E-state index in [1.165, 1.54) is 21.5 Å². The molecular weight excluding hydrogens is 310 g/mol. The summed E-state index contributed by atoms with van der Waals surface area (Å²) in [7, 11) is 1.65. The third-order valence-corrected chi connectivity index (χ3v) is 4.03. The van der Waals surface area contributed by atoms with Crippen LogP contribution in [0, 0.1) is 0 Å². The maximum absolute atomic E-state index is 12.1. The third kappa shape index (κ3) is 3.92. The second-order valence-corrected chi connectivity index (χ2v) is 5.82. The summed E-state index contributed by atoms with van der Waals surface area (Å²) in [5, 5.41) is 4.99. The molecule has 0 atom stereocenters. The predicted molar refractivity (Wildman–Crippen MR) is 89.6 cm³/mol. The van der Waals surface area contributed by atoms with Crippen LogP contribution in [0.2, 0.25) is 0 Å². The maximum atomic E-state index is 12.1. The Kier molecular flexibility index (Phi) is 4.63. The molecule has 0 N–H and O–H groups in total. The number of rotatable bonds is 4. The van der Waals surface area contributed by atoms with Crippen molar-refractivity contribution in [2.24, 2.45) is 0 Å². The minimum atomic E-state index is -0.504. The van der Waals surface area contributed by atoms with Crippen LogP contribution >= 0.6 is 11.8 Å². The van der Waals surface area contributed by atoms with Gasteiger partial charge >= 0.3 is 6.09 Å². The summed E-state index contributed by atoms with van der Waals surface area (Å²) in [6, 6.07) is 21.0. The standard InChI is InChI=1S/C17H15N3O2S/c1-19(14-8-4-2-5-9-14)17(21)22-20-13-12-16(18-20)23-15-10-6-3-7-11-15/h2-13H,1H3. The molecule has 0 aliphatic carbocycles. The molecule has 0 bridgehead atoms. The number of carbonyl (C=O) groups is 1. The minimum Gasteiger partial charge on any atom is -0.299 e. The number of hydrogen-bond donors (Lipinski definition) is 0. The third-order valence-electron chi connectivity index (χ3n) is 3.10. The smallest absolute Gasteiger partial charge is 0.299 e. The highest BCUT2D eigenvalue weighted by molar-refractivity contribution is 7.99. The van der Waals surface area contributed by atoms with Gasteiger partial charge in [0.1, 0.15) is 5.03 Å². The lowest BCUT2D eigenvalue weighted by Gasteiger charge is -2.15. The second kappa shape index (κ2) is 7.02. The molecule has 1 aromatic heterocycles. The molecule has 3 aromatic rings. The highest BCUT2D eigenvalue weighted by atomic mass is 32.2. The van der Waals surface area contributed by atoms with Crippen LogP contribution in [0.1, 0.15) is 0 Å². The molecule has 0 unspecified atom stereocenters. The molecule has 1 amide bonds. The molecular formula is C17H15N3O2S. The van der Waals surface area contributed by atoms with E-state index >= 15 is 0 Å². The zero-order valence-corrected chi connectivity index (χ0v) is 13.3. The van der Waals surface area contributed by atoms with E-state index in [0.717, 1.165) is 15.6 Å². The van der Waals surface area contributed by atoms with Gasteiger partial charge in [-0.25, -0.2) is 4.79 Å². The molecule has 116 valence electrons. The minimum absolute atomic E-state index is 0.504. The molecule has 0 aliphatic rings. The summed E-state index contributed by atoms with van der Waals surface area (Å²) in [6.45, 7) is 0. The van der Waals surface area contributed by atoms with E-state index < -0.39 is 6.09 Å². The Bertz CT molecular complexity index is 775. The molecule has 0 spiro atoms. The first-order valence-corrected chi connectivity index (χ1v) is 7.84. The molecule has 0 fully saturated rings. The molecule has 6 heteroatoms. The van der Waals surface area contributed by atoms with Crippen LogP contribution in [-0.4, -0.2) is 23.1 Å². The quantitative estimate of drug-likeness (QED) is 0.733. The van der Waals surface area contributed by atoms with Gasteiger partial charge < -0.3 is 0 Å². The van der Waals surface area contributed by atoms with Crippen LogP contribution in [0.5, 0.6) is 0 Å². The first kappa shape index (κ1) is 15.2. The van der Waals surface area contributed by atoms with Crippen molar-refractivity contribution in [3.8, 4) is 0 Å². The summed E-state index contributed by atoms with van der Waals surface area (Å²) in [5.74, 6) is 0. The highest BCUT2D eigenvalue weighted by Crippen LogP contribution is 2.25. The van der Waals surface area contributed by atoms with Gasteiger partial charge in [-0.1, -0.05) is 53.0 Å². The molecule has 0 aliphatic heterocycles. The van der Waals surface area contributed by atoms with Crippen LogP contribution in [-0.2, 0) is 0 Å². The molecule has 23 heavy (non-hydrogen) atoms. The number of para-hydroxylation sites is 1. The molecule has 3 rings (SSSR count). The van der Waals surface area contributed by atoms with Gasteiger partial charge in [0, 0.05) is 17.6 Å². The lowest BCUT2D eigenvalue weighted by Crippen LogP contribution is -2.34. The van der Waals surface area contributed by atoms with Crippen molar-refractivity contribution in [1.29, 1.82) is 0 Å². The van der Waals surface area contributed by atoms with E-state index in [1.54, 1.807) is 19.3 Å². The largest absolute Gasteiger partial charge is 0.440 e. The van der Waals surface area contributed by atoms with Gasteiger partial charge in [0.05, 0.1) is 6.20 Å². The zero-order valence-electron chi connectivity index (χ0n) is 12.5. The number of anilines is 1. The van der Waals surface area contributed by atoms with Crippen molar-refractivity contribution in [2.45, 2.75) is 9.92 Å². The van der Waals surface area contributed by atoms with E-state index in [0.29, 0.717) is 0 Å². The Balaban J connectivity index is 1.63. The molecule has 0 saturated heterocycles. The average molecular weight is 325 g/mol. The van der Waals surface area contributed by atoms with Crippen molar-refractivity contribution in [2.75, 3.05) is 11.9 Å². The Morgan fingerprint density at radius 2 is 1.70 bits per heavy atom. The maximum Gasteiger partial charge on any atom is 0.440 e. The van der Waals surface area contributed by atoms with Crippen molar-refractivity contribution in [3.05, 3.63) is 72.9 Å². The summed E-state index contributed by atoms with van der Waals surface area (Å²) in [6.07, 6.45) is 1.11. The van der Waals surface area contributed by atoms with Crippen LogP contribution < -0.4 is 9.74 Å². The lowest BCUT2D eigenvalue weighted by molar-refractivity contribution is 0.122. The Morgan fingerprint density at radius 1 is 1.04 bits per heavy atom. The number of hydrogen-bond acceptors (Lipinski definition) is 4. The van der Waals surface area contributed by atoms with Gasteiger partial charge in [-0.05, 0) is 30.3 Å². The molecule has 1 heterocycles. The number of benzene rings is 2. The summed E-state index contributed by atoms with van der Waals surface area (Å²) in [4.78, 5) is 21.0. The van der Waals surface area contributed by atoms with Crippen LogP contribution in [0.25, 0.3) is 0 Å². The van der Waals surface area contributed by atoms with Gasteiger partial charge in [0.25, 0.3) is 0 Å². The predicted octanol–water partition coefficient (Wildman–Crippen LogP) is 3.72. The van der Waals surface area contributed by atoms with E-state index in [2.05, 4.69) is 5.10 Å². The van der Waals surface area contributed by atoms with Crippen LogP contribution in [0.15, 0.2) is 82.8 Å². The van der Waals surface area contributed by atoms with E-state index in [4.69, 9.17) is 4.84 Å². The summed E-state index contributed by atoms with van der Waals surface area (Å²) in [5.41, 5.74) is 0.753. The molecule has 2 aromatic carbocycles. The van der Waals surface area contributed by atoms with Crippen molar-refractivity contribution in [3.63, 3.8) is 0 Å². The fourth-order valence-electron chi connectivity index (χ4n) is 1.90. The van der Waals surface area contributed by atoms with Crippen molar-refractivity contribution in [1.82, 2.24) is 9.94 Å². The first-order chi connectivity index (χ1) is 11.2. The number of carbonyl (C=O) groups excluding carboxylic acids is 1. The van der Waals surface area contributed by atoms with Crippen LogP contribution in [0.3, 0.4) is 0 Å². The second-order valence-electron chi connectivity index (χ2n) is 4.72. The van der Waals surface area contributed by atoms with E-state index in [9.17, 15) is 4.79 Å². The van der Waals surface area contributed by atoms with Gasteiger partial charge in [-0.15, -0.1) is 5.10 Å². The molecule has 0 saturated carbocycles. The highest BCUT2D eigenvalue weighted by Gasteiger charge is 2.14. The Hall–Kier alpha value is -2.73. The summed E-state index contributed by atoms with van der Waals surface area (Å²) < 4.78 is 0. The van der Waals surface area contributed by atoms with Gasteiger partial charge in [0.2, 0.25) is 0 Å². The van der Waals surface area contributed by atoms with Crippen molar-refractivity contribution >= 4 is 23.5 Å². The molecule has 5 nitrogen and oxygen atoms in total. The van der Waals surface area contributed by atoms with E-state index in [-0.39, 0.29) is 0 Å². The van der Waals surface area contributed by atoms with Crippen LogP contribution in [0.4, 0.5) is 10.5 Å². The molecule has 0 radical (unpaired) electrons. The summed E-state index contributed by atoms with van der Waals surface area (Å²) >= 11 is 1.50. The number of aromatic nitrogens is 2. The normalized spacial score (nSPS) is 10.3. The fourth-order valence-corrected chi connectivity index (χ4v) is 2.69. The van der Waals surface area contributed by atoms with Gasteiger partial charge in [0.15, 0.2) is 0 Å². The average Bonchev–Trinajstić information content (AvgIpc) is 3.02. The number of nitrogens with zero attached hydrogens (tertiary/aromatic N) is 3. The lowest BCUT2D eigenvalue weighted by atomic mass is 10.3. The fraction of sp³-hybridized carbons (Fsp3) is 0.0588. The van der Waals surface area contributed by atoms with Gasteiger partial charge in [-0.3, -0.25) is 9.74 Å². The van der Waals surface area contributed by atoms with E-state index in [1.807, 2.05) is 60.7 Å². The van der Waals surface area contributed by atoms with Gasteiger partial charge in [-0.2, -0.15) is 0 Å². The number of amides is 1. The monoisotopic (exact) mass is 325 g/mol. The first-order valence-electron chi connectivity index (χ1n) is 7.02. The van der Waals surface area contributed by atoms with Crippen molar-refractivity contribution < 1.29 is 9.63 Å². The zero-order chi connectivity index (χ0) is 16.1.